The second-order valence-electron chi connectivity index (χ2n) is 3.80. The fourth-order valence-electron chi connectivity index (χ4n) is 1.94. The van der Waals surface area contributed by atoms with Crippen LogP contribution in [0.5, 0.6) is 0 Å². The van der Waals surface area contributed by atoms with Crippen LogP contribution in [-0.4, -0.2) is 15.6 Å². The highest BCUT2D eigenvalue weighted by Gasteiger charge is 2.28. The Labute approximate surface area is 109 Å². The van der Waals surface area contributed by atoms with Crippen molar-refractivity contribution in [2.24, 2.45) is 0 Å². The SMILES string of the molecule is O=C(O)c1c2n(c3cc(Cl)c(F)cc3c1=O)CS2. The number of carbonyl (C=O) groups is 1. The van der Waals surface area contributed by atoms with Gasteiger partial charge in [0.2, 0.25) is 5.43 Å². The number of nitrogens with zero attached hydrogens (tertiary/aromatic N) is 1. The third kappa shape index (κ3) is 1.39. The summed E-state index contributed by atoms with van der Waals surface area (Å²) in [5, 5.41) is 9.39. The zero-order chi connectivity index (χ0) is 13.0. The molecule has 1 aromatic heterocycles. The molecule has 4 nitrogen and oxygen atoms in total. The number of carboxylic acids is 1. The van der Waals surface area contributed by atoms with E-state index in [-0.39, 0.29) is 16.0 Å². The lowest BCUT2D eigenvalue weighted by atomic mass is 10.1. The summed E-state index contributed by atoms with van der Waals surface area (Å²) in [5.74, 6) is -1.51. The molecular formula is C11H5ClFNO3S. The van der Waals surface area contributed by atoms with Gasteiger partial charge in [0.1, 0.15) is 11.4 Å². The fraction of sp³-hybridized carbons (Fsp3) is 0.0909. The number of hydrogen-bond acceptors (Lipinski definition) is 3. The maximum atomic E-state index is 13.4. The van der Waals surface area contributed by atoms with Gasteiger partial charge in [-0.3, -0.25) is 4.79 Å². The number of carboxylic acid groups (broad SMARTS) is 1. The fourth-order valence-corrected chi connectivity index (χ4v) is 3.05. The molecule has 0 unspecified atom stereocenters. The quantitative estimate of drug-likeness (QED) is 0.875. The van der Waals surface area contributed by atoms with Gasteiger partial charge < -0.3 is 9.67 Å². The van der Waals surface area contributed by atoms with E-state index in [1.807, 2.05) is 0 Å². The maximum absolute atomic E-state index is 13.4. The van der Waals surface area contributed by atoms with Crippen molar-refractivity contribution >= 4 is 40.2 Å². The van der Waals surface area contributed by atoms with Crippen LogP contribution in [0.3, 0.4) is 0 Å². The Bertz CT molecular complexity index is 771. The first-order valence-electron chi connectivity index (χ1n) is 4.92. The molecule has 0 spiro atoms. The largest absolute Gasteiger partial charge is 0.477 e. The molecule has 3 rings (SSSR count). The minimum Gasteiger partial charge on any atom is -0.477 e. The van der Waals surface area contributed by atoms with Crippen molar-refractivity contribution < 1.29 is 14.3 Å². The molecule has 1 N–H and O–H groups in total. The minimum absolute atomic E-state index is 0.0401. The average molecular weight is 286 g/mol. The molecule has 92 valence electrons. The van der Waals surface area contributed by atoms with Crippen LogP contribution >= 0.6 is 23.4 Å². The molecule has 0 fully saturated rings. The van der Waals surface area contributed by atoms with Crippen LogP contribution in [0.15, 0.2) is 22.0 Å². The lowest BCUT2D eigenvalue weighted by molar-refractivity contribution is 0.0689. The van der Waals surface area contributed by atoms with E-state index >= 15 is 0 Å². The van der Waals surface area contributed by atoms with E-state index in [0.29, 0.717) is 16.4 Å². The predicted molar refractivity (Wildman–Crippen MR) is 66.0 cm³/mol. The van der Waals surface area contributed by atoms with E-state index in [4.69, 9.17) is 16.7 Å². The molecule has 0 radical (unpaired) electrons. The Morgan fingerprint density at radius 3 is 2.78 bits per heavy atom. The third-order valence-electron chi connectivity index (χ3n) is 2.80. The lowest BCUT2D eigenvalue weighted by Gasteiger charge is -2.25. The highest BCUT2D eigenvalue weighted by Crippen LogP contribution is 2.37. The van der Waals surface area contributed by atoms with Crippen molar-refractivity contribution in [3.8, 4) is 0 Å². The van der Waals surface area contributed by atoms with Gasteiger partial charge in [-0.1, -0.05) is 23.4 Å². The first-order chi connectivity index (χ1) is 8.50. The van der Waals surface area contributed by atoms with Crippen LogP contribution in [0.2, 0.25) is 5.02 Å². The van der Waals surface area contributed by atoms with Crippen molar-refractivity contribution in [3.05, 3.63) is 38.8 Å². The van der Waals surface area contributed by atoms with E-state index in [2.05, 4.69) is 0 Å². The van der Waals surface area contributed by atoms with Crippen LogP contribution in [-0.2, 0) is 5.88 Å². The number of aromatic carboxylic acids is 1. The van der Waals surface area contributed by atoms with Crippen LogP contribution < -0.4 is 5.43 Å². The summed E-state index contributed by atoms with van der Waals surface area (Å²) in [7, 11) is 0. The molecule has 7 heteroatoms. The molecule has 0 bridgehead atoms. The first-order valence-corrected chi connectivity index (χ1v) is 6.28. The van der Waals surface area contributed by atoms with E-state index in [9.17, 15) is 14.0 Å². The molecule has 1 aliphatic rings. The van der Waals surface area contributed by atoms with Crippen LogP contribution in [0, 0.1) is 5.82 Å². The molecule has 0 atom stereocenters. The Hall–Kier alpha value is -1.53. The van der Waals surface area contributed by atoms with Crippen molar-refractivity contribution in [2.45, 2.75) is 10.9 Å². The number of benzene rings is 1. The molecule has 2 heterocycles. The summed E-state index contributed by atoms with van der Waals surface area (Å²) in [5.41, 5.74) is -0.517. The molecule has 18 heavy (non-hydrogen) atoms. The molecule has 0 saturated heterocycles. The second kappa shape index (κ2) is 3.73. The normalized spacial score (nSPS) is 13.2. The number of aromatic nitrogens is 1. The summed E-state index contributed by atoms with van der Waals surface area (Å²) < 4.78 is 15.0. The van der Waals surface area contributed by atoms with E-state index in [0.717, 1.165) is 6.07 Å². The number of hydrogen-bond donors (Lipinski definition) is 1. The van der Waals surface area contributed by atoms with E-state index < -0.39 is 17.2 Å². The molecule has 0 aliphatic carbocycles. The van der Waals surface area contributed by atoms with Gasteiger partial charge in [0.15, 0.2) is 0 Å². The van der Waals surface area contributed by atoms with Crippen LogP contribution in [0.1, 0.15) is 10.4 Å². The van der Waals surface area contributed by atoms with Crippen molar-refractivity contribution in [3.63, 3.8) is 0 Å². The highest BCUT2D eigenvalue weighted by atomic mass is 35.5. The summed E-state index contributed by atoms with van der Waals surface area (Å²) in [6.07, 6.45) is 0. The minimum atomic E-state index is -1.30. The van der Waals surface area contributed by atoms with Gasteiger partial charge in [0.25, 0.3) is 0 Å². The summed E-state index contributed by atoms with van der Waals surface area (Å²) in [6, 6.07) is 2.34. The van der Waals surface area contributed by atoms with E-state index in [1.54, 1.807) is 4.57 Å². The molecular weight excluding hydrogens is 281 g/mol. The lowest BCUT2D eigenvalue weighted by Crippen LogP contribution is -2.26. The topological polar surface area (TPSA) is 59.3 Å². The summed E-state index contributed by atoms with van der Waals surface area (Å²) in [4.78, 5) is 23.1. The zero-order valence-electron chi connectivity index (χ0n) is 8.74. The number of fused-ring (bicyclic) bond motifs is 3. The second-order valence-corrected chi connectivity index (χ2v) is 5.14. The average Bonchev–Trinajstić information content (AvgIpc) is 2.26. The van der Waals surface area contributed by atoms with Crippen molar-refractivity contribution in [1.29, 1.82) is 0 Å². The zero-order valence-corrected chi connectivity index (χ0v) is 10.3. The Kier molecular flexibility index (Phi) is 2.39. The number of thioether (sulfide) groups is 1. The third-order valence-corrected chi connectivity index (χ3v) is 4.18. The summed E-state index contributed by atoms with van der Waals surface area (Å²) >= 11 is 6.95. The van der Waals surface area contributed by atoms with Crippen molar-refractivity contribution in [1.82, 2.24) is 4.57 Å². The standard InChI is InChI=1S/C11H5ClFNO3S/c12-5-2-7-4(1-6(5)13)9(15)8(11(16)17)10-14(7)3-18-10/h1-2H,3H2,(H,16,17). The molecule has 1 aromatic carbocycles. The van der Waals surface area contributed by atoms with E-state index in [1.165, 1.54) is 17.8 Å². The van der Waals surface area contributed by atoms with Gasteiger partial charge in [-0.2, -0.15) is 0 Å². The predicted octanol–water partition coefficient (Wildman–Crippen LogP) is 2.56. The monoisotopic (exact) mass is 285 g/mol. The van der Waals surface area contributed by atoms with Gasteiger partial charge in [0, 0.05) is 5.39 Å². The van der Waals surface area contributed by atoms with Gasteiger partial charge in [-0.05, 0) is 12.1 Å². The van der Waals surface area contributed by atoms with Crippen LogP contribution in [0.25, 0.3) is 10.9 Å². The Balaban J connectivity index is 2.54. The smallest absolute Gasteiger partial charge is 0.342 e. The molecule has 1 aliphatic heterocycles. The number of rotatable bonds is 1. The highest BCUT2D eigenvalue weighted by molar-refractivity contribution is 7.99. The number of halogens is 2. The van der Waals surface area contributed by atoms with Gasteiger partial charge in [-0.15, -0.1) is 0 Å². The number of pyridine rings is 1. The molecule has 0 saturated carbocycles. The molecule has 2 aromatic rings. The maximum Gasteiger partial charge on any atom is 0.342 e. The van der Waals surface area contributed by atoms with Crippen molar-refractivity contribution in [2.75, 3.05) is 0 Å². The van der Waals surface area contributed by atoms with Crippen LogP contribution in [0.4, 0.5) is 4.39 Å². The van der Waals surface area contributed by atoms with Gasteiger partial charge in [0.05, 0.1) is 21.4 Å². The van der Waals surface area contributed by atoms with Gasteiger partial charge in [-0.25, -0.2) is 9.18 Å². The first kappa shape index (κ1) is 11.6. The Morgan fingerprint density at radius 2 is 2.22 bits per heavy atom. The summed E-state index contributed by atoms with van der Waals surface area (Å²) in [6.45, 7) is 0. The van der Waals surface area contributed by atoms with Gasteiger partial charge >= 0.3 is 5.97 Å². The Morgan fingerprint density at radius 1 is 1.50 bits per heavy atom. The molecule has 0 amide bonds.